The van der Waals surface area contributed by atoms with Crippen LogP contribution in [-0.4, -0.2) is 30.1 Å². The minimum atomic E-state index is -1.39. The lowest BCUT2D eigenvalue weighted by molar-refractivity contribution is -0.402. The van der Waals surface area contributed by atoms with E-state index in [4.69, 9.17) is 9.47 Å². The summed E-state index contributed by atoms with van der Waals surface area (Å²) in [4.78, 5) is 33.1. The summed E-state index contributed by atoms with van der Waals surface area (Å²) in [5, 5.41) is 10.2. The largest absolute Gasteiger partial charge is 0.465 e. The molecule has 0 aromatic heterocycles. The van der Waals surface area contributed by atoms with Crippen LogP contribution in [0.2, 0.25) is 0 Å². The van der Waals surface area contributed by atoms with Gasteiger partial charge in [0.15, 0.2) is 5.41 Å². The van der Waals surface area contributed by atoms with Gasteiger partial charge in [0.05, 0.1) is 18.1 Å². The molecular weight excluding hydrogens is 242 g/mol. The van der Waals surface area contributed by atoms with Crippen LogP contribution in [0.1, 0.15) is 20.3 Å². The molecule has 0 aliphatic heterocycles. The molecule has 1 fully saturated rings. The molecule has 0 amide bonds. The van der Waals surface area contributed by atoms with Crippen molar-refractivity contribution in [2.75, 3.05) is 13.2 Å². The third-order valence-corrected chi connectivity index (χ3v) is 2.73. The van der Waals surface area contributed by atoms with Gasteiger partial charge in [-0.1, -0.05) is 0 Å². The molecule has 1 rings (SSSR count). The predicted octanol–water partition coefficient (Wildman–Crippen LogP) is 0.909. The first-order chi connectivity index (χ1) is 8.48. The van der Waals surface area contributed by atoms with Crippen LogP contribution in [0, 0.1) is 21.4 Å². The van der Waals surface area contributed by atoms with E-state index < -0.39 is 28.2 Å². The summed E-state index contributed by atoms with van der Waals surface area (Å²) in [5.74, 6) is -1.89. The fourth-order valence-electron chi connectivity index (χ4n) is 1.77. The summed E-state index contributed by atoms with van der Waals surface area (Å²) < 4.78 is 9.66. The van der Waals surface area contributed by atoms with Crippen molar-refractivity contribution in [3.05, 3.63) is 22.4 Å². The van der Waals surface area contributed by atoms with E-state index in [-0.39, 0.29) is 19.6 Å². The monoisotopic (exact) mass is 257 g/mol. The number of carbonyl (C=O) groups is 2. The molecule has 0 N–H and O–H groups in total. The molecule has 7 nitrogen and oxygen atoms in total. The molecule has 0 heterocycles. The lowest BCUT2D eigenvalue weighted by atomic mass is 10.0. The summed E-state index contributed by atoms with van der Waals surface area (Å²) in [5.41, 5.74) is -1.39. The van der Waals surface area contributed by atoms with E-state index >= 15 is 0 Å². The second kappa shape index (κ2) is 5.61. The first kappa shape index (κ1) is 14.1. The zero-order valence-corrected chi connectivity index (χ0v) is 10.3. The highest BCUT2D eigenvalue weighted by atomic mass is 16.6. The first-order valence-electron chi connectivity index (χ1n) is 5.65. The second-order valence-corrected chi connectivity index (χ2v) is 3.85. The normalized spacial score (nSPS) is 20.4. The van der Waals surface area contributed by atoms with Gasteiger partial charge in [-0.2, -0.15) is 0 Å². The van der Waals surface area contributed by atoms with Crippen LogP contribution in [0.3, 0.4) is 0 Å². The molecule has 0 radical (unpaired) electrons. The van der Waals surface area contributed by atoms with Crippen molar-refractivity contribution >= 4 is 11.9 Å². The van der Waals surface area contributed by atoms with Gasteiger partial charge in [0, 0.05) is 5.92 Å². The number of rotatable bonds is 6. The van der Waals surface area contributed by atoms with Crippen molar-refractivity contribution in [1.82, 2.24) is 0 Å². The van der Waals surface area contributed by atoms with Gasteiger partial charge in [0.2, 0.25) is 6.20 Å². The number of carbonyl (C=O) groups excluding carboxylic acids is 2. The lowest BCUT2D eigenvalue weighted by Crippen LogP contribution is -2.31. The average molecular weight is 257 g/mol. The lowest BCUT2D eigenvalue weighted by Gasteiger charge is -2.13. The van der Waals surface area contributed by atoms with E-state index in [0.717, 1.165) is 6.20 Å². The Hall–Kier alpha value is -1.92. The molecule has 1 atom stereocenters. The van der Waals surface area contributed by atoms with Gasteiger partial charge in [-0.15, -0.1) is 0 Å². The van der Waals surface area contributed by atoms with E-state index in [9.17, 15) is 19.7 Å². The first-order valence-corrected chi connectivity index (χ1v) is 5.65. The third kappa shape index (κ3) is 2.66. The molecule has 0 spiro atoms. The SMILES string of the molecule is CCOC(=O)C1(C(=O)OCC)CC1/C=C/[N+](=O)[O-]. The number of allylic oxidation sites excluding steroid dienone is 1. The number of hydrogen-bond donors (Lipinski definition) is 0. The number of esters is 2. The maximum absolute atomic E-state index is 11.8. The minimum absolute atomic E-state index is 0.145. The Morgan fingerprint density at radius 1 is 1.33 bits per heavy atom. The molecule has 100 valence electrons. The second-order valence-electron chi connectivity index (χ2n) is 3.85. The Kier molecular flexibility index (Phi) is 4.41. The van der Waals surface area contributed by atoms with E-state index in [1.54, 1.807) is 13.8 Å². The number of nitro groups is 1. The molecule has 1 unspecified atom stereocenters. The Morgan fingerprint density at radius 2 is 1.83 bits per heavy atom. The maximum atomic E-state index is 11.8. The number of hydrogen-bond acceptors (Lipinski definition) is 6. The summed E-state index contributed by atoms with van der Waals surface area (Å²) in [6.45, 7) is 3.54. The fourth-order valence-corrected chi connectivity index (χ4v) is 1.77. The van der Waals surface area contributed by atoms with Crippen molar-refractivity contribution in [3.63, 3.8) is 0 Å². The van der Waals surface area contributed by atoms with Gasteiger partial charge < -0.3 is 9.47 Å². The van der Waals surface area contributed by atoms with E-state index in [0.29, 0.717) is 0 Å². The Morgan fingerprint density at radius 3 is 2.22 bits per heavy atom. The molecule has 0 aromatic carbocycles. The molecule has 7 heteroatoms. The smallest absolute Gasteiger partial charge is 0.324 e. The molecular formula is C11H15NO6. The van der Waals surface area contributed by atoms with Crippen LogP contribution < -0.4 is 0 Å². The Labute approximate surface area is 104 Å². The molecule has 1 aliphatic rings. The Bertz CT molecular complexity index is 371. The van der Waals surface area contributed by atoms with E-state index in [1.807, 2.05) is 0 Å². The quantitative estimate of drug-likeness (QED) is 0.304. The highest BCUT2D eigenvalue weighted by Gasteiger charge is 2.67. The van der Waals surface area contributed by atoms with Crippen LogP contribution >= 0.6 is 0 Å². The zero-order valence-electron chi connectivity index (χ0n) is 10.3. The summed E-state index contributed by atoms with van der Waals surface area (Å²) in [6, 6.07) is 0. The van der Waals surface area contributed by atoms with Gasteiger partial charge in [-0.25, -0.2) is 0 Å². The standard InChI is InChI=1S/C11H15NO6/c1-3-17-9(13)11(10(14)18-4-2)7-8(11)5-6-12(15)16/h5-6,8H,3-4,7H2,1-2H3/b6-5+. The van der Waals surface area contributed by atoms with Crippen LogP contribution in [-0.2, 0) is 19.1 Å². The molecule has 18 heavy (non-hydrogen) atoms. The van der Waals surface area contributed by atoms with Crippen molar-refractivity contribution in [3.8, 4) is 0 Å². The highest BCUT2D eigenvalue weighted by Crippen LogP contribution is 2.55. The van der Waals surface area contributed by atoms with E-state index in [2.05, 4.69) is 0 Å². The van der Waals surface area contributed by atoms with E-state index in [1.165, 1.54) is 6.08 Å². The summed E-state index contributed by atoms with van der Waals surface area (Å²) in [6.07, 6.45) is 2.15. The van der Waals surface area contributed by atoms with Gasteiger partial charge in [0.25, 0.3) is 0 Å². The third-order valence-electron chi connectivity index (χ3n) is 2.73. The topological polar surface area (TPSA) is 95.7 Å². The van der Waals surface area contributed by atoms with Crippen molar-refractivity contribution in [2.45, 2.75) is 20.3 Å². The van der Waals surface area contributed by atoms with Crippen molar-refractivity contribution in [1.29, 1.82) is 0 Å². The molecule has 1 saturated carbocycles. The minimum Gasteiger partial charge on any atom is -0.465 e. The summed E-state index contributed by atoms with van der Waals surface area (Å²) >= 11 is 0. The Balaban J connectivity index is 2.83. The molecule has 0 saturated heterocycles. The highest BCUT2D eigenvalue weighted by molar-refractivity contribution is 6.04. The zero-order chi connectivity index (χ0) is 13.8. The number of ether oxygens (including phenoxy) is 2. The summed E-state index contributed by atoms with van der Waals surface area (Å²) in [7, 11) is 0. The van der Waals surface area contributed by atoms with Crippen LogP contribution in [0.4, 0.5) is 0 Å². The fraction of sp³-hybridized carbons (Fsp3) is 0.636. The average Bonchev–Trinajstić information content (AvgIpc) is 3.03. The van der Waals surface area contributed by atoms with Gasteiger partial charge in [0.1, 0.15) is 0 Å². The van der Waals surface area contributed by atoms with Crippen LogP contribution in [0.5, 0.6) is 0 Å². The predicted molar refractivity (Wildman–Crippen MR) is 59.9 cm³/mol. The van der Waals surface area contributed by atoms with Gasteiger partial charge in [-0.05, 0) is 26.3 Å². The number of nitrogens with zero attached hydrogens (tertiary/aromatic N) is 1. The van der Waals surface area contributed by atoms with Crippen molar-refractivity contribution < 1.29 is 24.0 Å². The van der Waals surface area contributed by atoms with Gasteiger partial charge in [-0.3, -0.25) is 19.7 Å². The maximum Gasteiger partial charge on any atom is 0.324 e. The molecule has 1 aliphatic carbocycles. The van der Waals surface area contributed by atoms with Gasteiger partial charge >= 0.3 is 11.9 Å². The molecule has 0 bridgehead atoms. The van der Waals surface area contributed by atoms with Crippen molar-refractivity contribution in [2.24, 2.45) is 11.3 Å². The molecule has 0 aromatic rings. The van der Waals surface area contributed by atoms with Crippen LogP contribution in [0.25, 0.3) is 0 Å². The van der Waals surface area contributed by atoms with Crippen LogP contribution in [0.15, 0.2) is 12.3 Å².